The van der Waals surface area contributed by atoms with Crippen molar-refractivity contribution in [1.29, 1.82) is 0 Å². The number of imidazole rings is 1. The standard InChI is InChI=1S/C14H17ClFN3/c1-10(8-19-6-5-17-9-19)18-11(2)12-3-4-14(16)13(15)7-12/h3-7,9-11,18H,8H2,1-2H3/t10-,11+/m1/s1. The van der Waals surface area contributed by atoms with Crippen molar-refractivity contribution in [2.24, 2.45) is 0 Å². The first-order chi connectivity index (χ1) is 9.06. The molecule has 0 radical (unpaired) electrons. The lowest BCUT2D eigenvalue weighted by molar-refractivity contribution is 0.430. The maximum Gasteiger partial charge on any atom is 0.141 e. The fraction of sp³-hybridized carbons (Fsp3) is 0.357. The van der Waals surface area contributed by atoms with Crippen molar-refractivity contribution in [3.63, 3.8) is 0 Å². The van der Waals surface area contributed by atoms with Gasteiger partial charge in [0, 0.05) is 31.0 Å². The first-order valence-corrected chi connectivity index (χ1v) is 6.61. The fourth-order valence-electron chi connectivity index (χ4n) is 2.07. The van der Waals surface area contributed by atoms with Crippen molar-refractivity contribution in [2.45, 2.75) is 32.5 Å². The summed E-state index contributed by atoms with van der Waals surface area (Å²) in [6.45, 7) is 4.97. The van der Waals surface area contributed by atoms with Crippen LogP contribution in [0, 0.1) is 5.82 Å². The largest absolute Gasteiger partial charge is 0.336 e. The smallest absolute Gasteiger partial charge is 0.141 e. The molecule has 0 saturated carbocycles. The zero-order valence-corrected chi connectivity index (χ0v) is 11.7. The van der Waals surface area contributed by atoms with Crippen molar-refractivity contribution >= 4 is 11.6 Å². The predicted octanol–water partition coefficient (Wildman–Crippen LogP) is 3.41. The topological polar surface area (TPSA) is 29.9 Å². The van der Waals surface area contributed by atoms with Gasteiger partial charge in [0.25, 0.3) is 0 Å². The third-order valence-electron chi connectivity index (χ3n) is 3.02. The summed E-state index contributed by atoms with van der Waals surface area (Å²) >= 11 is 5.79. The monoisotopic (exact) mass is 281 g/mol. The summed E-state index contributed by atoms with van der Waals surface area (Å²) < 4.78 is 15.1. The number of hydrogen-bond acceptors (Lipinski definition) is 2. The van der Waals surface area contributed by atoms with Gasteiger partial charge in [0.1, 0.15) is 5.82 Å². The molecule has 0 bridgehead atoms. The molecule has 0 aliphatic rings. The Morgan fingerprint density at radius 1 is 1.42 bits per heavy atom. The molecule has 0 aliphatic carbocycles. The van der Waals surface area contributed by atoms with E-state index in [1.54, 1.807) is 24.7 Å². The number of aromatic nitrogens is 2. The molecule has 102 valence electrons. The lowest BCUT2D eigenvalue weighted by atomic mass is 10.1. The van der Waals surface area contributed by atoms with E-state index >= 15 is 0 Å². The van der Waals surface area contributed by atoms with Gasteiger partial charge in [-0.05, 0) is 31.5 Å². The van der Waals surface area contributed by atoms with Crippen LogP contribution in [0.25, 0.3) is 0 Å². The third kappa shape index (κ3) is 3.78. The maximum atomic E-state index is 13.1. The van der Waals surface area contributed by atoms with Gasteiger partial charge in [0.05, 0.1) is 11.3 Å². The van der Waals surface area contributed by atoms with Crippen LogP contribution in [0.3, 0.4) is 0 Å². The van der Waals surface area contributed by atoms with Crippen LogP contribution in [-0.2, 0) is 6.54 Å². The quantitative estimate of drug-likeness (QED) is 0.910. The fourth-order valence-corrected chi connectivity index (χ4v) is 2.26. The summed E-state index contributed by atoms with van der Waals surface area (Å²) in [5, 5.41) is 3.61. The SMILES string of the molecule is C[C@H](Cn1ccnc1)N[C@@H](C)c1ccc(F)c(Cl)c1. The van der Waals surface area contributed by atoms with Gasteiger partial charge in [0.2, 0.25) is 0 Å². The van der Waals surface area contributed by atoms with E-state index in [4.69, 9.17) is 11.6 Å². The summed E-state index contributed by atoms with van der Waals surface area (Å²) in [4.78, 5) is 4.01. The van der Waals surface area contributed by atoms with Crippen LogP contribution >= 0.6 is 11.6 Å². The number of nitrogens with zero attached hydrogens (tertiary/aromatic N) is 2. The summed E-state index contributed by atoms with van der Waals surface area (Å²) in [5.41, 5.74) is 0.976. The van der Waals surface area contributed by atoms with Crippen molar-refractivity contribution in [3.05, 3.63) is 53.3 Å². The molecule has 0 aliphatic heterocycles. The Labute approximate surface area is 117 Å². The number of rotatable bonds is 5. The summed E-state index contributed by atoms with van der Waals surface area (Å²) in [6.07, 6.45) is 5.48. The first-order valence-electron chi connectivity index (χ1n) is 6.23. The van der Waals surface area contributed by atoms with Gasteiger partial charge in [-0.2, -0.15) is 0 Å². The third-order valence-corrected chi connectivity index (χ3v) is 3.31. The highest BCUT2D eigenvalue weighted by Crippen LogP contribution is 2.21. The highest BCUT2D eigenvalue weighted by molar-refractivity contribution is 6.30. The second-order valence-electron chi connectivity index (χ2n) is 4.72. The van der Waals surface area contributed by atoms with Crippen LogP contribution in [0.5, 0.6) is 0 Å². The summed E-state index contributed by atoms with van der Waals surface area (Å²) in [5.74, 6) is -0.385. The normalized spacial score (nSPS) is 14.3. The van der Waals surface area contributed by atoms with E-state index in [0.717, 1.165) is 12.1 Å². The molecule has 5 heteroatoms. The second-order valence-corrected chi connectivity index (χ2v) is 5.13. The second kappa shape index (κ2) is 6.17. The minimum absolute atomic E-state index is 0.108. The molecule has 1 N–H and O–H groups in total. The first kappa shape index (κ1) is 14.0. The molecule has 1 heterocycles. The van der Waals surface area contributed by atoms with Crippen molar-refractivity contribution < 1.29 is 4.39 Å². The lowest BCUT2D eigenvalue weighted by Gasteiger charge is -2.21. The Morgan fingerprint density at radius 3 is 2.84 bits per heavy atom. The van der Waals surface area contributed by atoms with Crippen LogP contribution in [-0.4, -0.2) is 15.6 Å². The molecular weight excluding hydrogens is 265 g/mol. The molecule has 0 spiro atoms. The van der Waals surface area contributed by atoms with E-state index < -0.39 is 0 Å². The van der Waals surface area contributed by atoms with Crippen molar-refractivity contribution in [2.75, 3.05) is 0 Å². The number of nitrogens with one attached hydrogen (secondary N) is 1. The predicted molar refractivity (Wildman–Crippen MR) is 74.6 cm³/mol. The Kier molecular flexibility index (Phi) is 4.56. The highest BCUT2D eigenvalue weighted by atomic mass is 35.5. The highest BCUT2D eigenvalue weighted by Gasteiger charge is 2.11. The van der Waals surface area contributed by atoms with E-state index in [1.165, 1.54) is 6.07 Å². The molecule has 2 rings (SSSR count). The molecule has 1 aromatic carbocycles. The number of halogens is 2. The van der Waals surface area contributed by atoms with Crippen LogP contribution in [0.2, 0.25) is 5.02 Å². The molecule has 0 saturated heterocycles. The minimum Gasteiger partial charge on any atom is -0.336 e. The Morgan fingerprint density at radius 2 is 2.21 bits per heavy atom. The van der Waals surface area contributed by atoms with E-state index in [1.807, 2.05) is 17.7 Å². The molecular formula is C14H17ClFN3. The molecule has 0 fully saturated rings. The van der Waals surface area contributed by atoms with E-state index in [9.17, 15) is 4.39 Å². The minimum atomic E-state index is -0.385. The van der Waals surface area contributed by atoms with Gasteiger partial charge < -0.3 is 9.88 Å². The molecule has 0 unspecified atom stereocenters. The Hall–Kier alpha value is -1.39. The lowest BCUT2D eigenvalue weighted by Crippen LogP contribution is -2.32. The van der Waals surface area contributed by atoms with Crippen LogP contribution in [0.4, 0.5) is 4.39 Å². The molecule has 19 heavy (non-hydrogen) atoms. The van der Waals surface area contributed by atoms with Crippen molar-refractivity contribution in [3.8, 4) is 0 Å². The van der Waals surface area contributed by atoms with E-state index in [0.29, 0.717) is 0 Å². The van der Waals surface area contributed by atoms with Gasteiger partial charge in [0.15, 0.2) is 0 Å². The molecule has 2 atom stereocenters. The molecule has 3 nitrogen and oxygen atoms in total. The van der Waals surface area contributed by atoms with Crippen molar-refractivity contribution in [1.82, 2.24) is 14.9 Å². The van der Waals surface area contributed by atoms with Gasteiger partial charge in [-0.1, -0.05) is 17.7 Å². The average molecular weight is 282 g/mol. The van der Waals surface area contributed by atoms with E-state index in [-0.39, 0.29) is 22.9 Å². The van der Waals surface area contributed by atoms with Gasteiger partial charge >= 0.3 is 0 Å². The van der Waals surface area contributed by atoms with E-state index in [2.05, 4.69) is 17.2 Å². The summed E-state index contributed by atoms with van der Waals surface area (Å²) in [6, 6.07) is 5.20. The van der Waals surface area contributed by atoms with Crippen LogP contribution < -0.4 is 5.32 Å². The Balaban J connectivity index is 1.96. The number of hydrogen-bond donors (Lipinski definition) is 1. The summed E-state index contributed by atoms with van der Waals surface area (Å²) in [7, 11) is 0. The number of benzene rings is 1. The van der Waals surface area contributed by atoms with Crippen LogP contribution in [0.1, 0.15) is 25.5 Å². The molecule has 1 aromatic heterocycles. The van der Waals surface area contributed by atoms with Gasteiger partial charge in [-0.3, -0.25) is 0 Å². The van der Waals surface area contributed by atoms with Crippen LogP contribution in [0.15, 0.2) is 36.9 Å². The Bertz CT molecular complexity index is 527. The molecule has 2 aromatic rings. The molecule has 0 amide bonds. The van der Waals surface area contributed by atoms with Gasteiger partial charge in [-0.15, -0.1) is 0 Å². The van der Waals surface area contributed by atoms with Gasteiger partial charge in [-0.25, -0.2) is 9.37 Å². The zero-order chi connectivity index (χ0) is 13.8. The zero-order valence-electron chi connectivity index (χ0n) is 11.0. The maximum absolute atomic E-state index is 13.1. The average Bonchev–Trinajstić information content (AvgIpc) is 2.85.